The molecule has 1 aromatic carbocycles. The van der Waals surface area contributed by atoms with E-state index in [2.05, 4.69) is 36.5 Å². The lowest BCUT2D eigenvalue weighted by atomic mass is 9.92. The summed E-state index contributed by atoms with van der Waals surface area (Å²) in [6.45, 7) is 6.74. The highest BCUT2D eigenvalue weighted by Crippen LogP contribution is 2.27. The predicted octanol–water partition coefficient (Wildman–Crippen LogP) is 2.51. The molecular formula is C14H20N2O2S. The molecule has 0 spiro atoms. The molecule has 0 aliphatic carbocycles. The third-order valence-corrected chi connectivity index (χ3v) is 3.74. The molecule has 0 bridgehead atoms. The van der Waals surface area contributed by atoms with E-state index in [0.717, 1.165) is 22.2 Å². The zero-order valence-corrected chi connectivity index (χ0v) is 12.6. The lowest BCUT2D eigenvalue weighted by Crippen LogP contribution is -2.21. The fourth-order valence-electron chi connectivity index (χ4n) is 1.98. The van der Waals surface area contributed by atoms with E-state index in [1.54, 1.807) is 0 Å². The number of nitrogens with one attached hydrogen (secondary N) is 2. The van der Waals surface area contributed by atoms with Gasteiger partial charge in [-0.25, -0.2) is 13.1 Å². The van der Waals surface area contributed by atoms with Gasteiger partial charge >= 0.3 is 0 Å². The molecule has 0 unspecified atom stereocenters. The molecule has 0 fully saturated rings. The molecule has 0 saturated heterocycles. The van der Waals surface area contributed by atoms with Gasteiger partial charge in [-0.1, -0.05) is 39.0 Å². The van der Waals surface area contributed by atoms with E-state index in [1.165, 1.54) is 6.26 Å². The minimum atomic E-state index is -3.18. The number of para-hydroxylation sites is 1. The summed E-state index contributed by atoms with van der Waals surface area (Å²) in [6, 6.07) is 8.04. The number of rotatable bonds is 3. The van der Waals surface area contributed by atoms with E-state index in [-0.39, 0.29) is 5.41 Å². The first kappa shape index (κ1) is 14.1. The first-order chi connectivity index (χ1) is 8.67. The van der Waals surface area contributed by atoms with Crippen LogP contribution in [0.15, 0.2) is 24.3 Å². The molecule has 0 aliphatic heterocycles. The summed E-state index contributed by atoms with van der Waals surface area (Å²) in [5, 5.41) is 1.11. The van der Waals surface area contributed by atoms with Crippen molar-refractivity contribution in [1.82, 2.24) is 9.71 Å². The Bertz CT molecular complexity index is 694. The van der Waals surface area contributed by atoms with Crippen LogP contribution >= 0.6 is 0 Å². The van der Waals surface area contributed by atoms with Crippen molar-refractivity contribution < 1.29 is 8.42 Å². The van der Waals surface area contributed by atoms with Crippen LogP contribution in [0.25, 0.3) is 10.9 Å². The number of hydrogen-bond donors (Lipinski definition) is 2. The highest BCUT2D eigenvalue weighted by atomic mass is 32.2. The average Bonchev–Trinajstić information content (AvgIpc) is 2.68. The number of benzene rings is 1. The van der Waals surface area contributed by atoms with Crippen LogP contribution in [0.2, 0.25) is 0 Å². The van der Waals surface area contributed by atoms with Crippen LogP contribution in [-0.4, -0.2) is 19.7 Å². The first-order valence-electron chi connectivity index (χ1n) is 6.22. The van der Waals surface area contributed by atoms with Crippen molar-refractivity contribution in [3.63, 3.8) is 0 Å². The Morgan fingerprint density at radius 3 is 2.53 bits per heavy atom. The quantitative estimate of drug-likeness (QED) is 0.907. The minimum Gasteiger partial charge on any atom is -0.358 e. The Kier molecular flexibility index (Phi) is 3.45. The predicted molar refractivity (Wildman–Crippen MR) is 78.7 cm³/mol. The van der Waals surface area contributed by atoms with Crippen LogP contribution in [0.1, 0.15) is 32.0 Å². The van der Waals surface area contributed by atoms with Crippen molar-refractivity contribution in [2.45, 2.75) is 32.7 Å². The molecule has 0 saturated carbocycles. The summed E-state index contributed by atoms with van der Waals surface area (Å²) in [5.41, 5.74) is 3.15. The van der Waals surface area contributed by atoms with E-state index in [1.807, 2.05) is 18.2 Å². The summed E-state index contributed by atoms with van der Waals surface area (Å²) >= 11 is 0. The standard InChI is InChI=1S/C14H20N2O2S/c1-14(2,3)12-8-10-6-5-7-11(13(10)16-12)9-15-19(4,17)18/h5-8,15-16H,9H2,1-4H3. The van der Waals surface area contributed by atoms with Crippen LogP contribution in [0, 0.1) is 0 Å². The van der Waals surface area contributed by atoms with Gasteiger partial charge in [0.25, 0.3) is 0 Å². The Hall–Kier alpha value is -1.33. The molecule has 1 aromatic heterocycles. The molecule has 1 heterocycles. The van der Waals surface area contributed by atoms with E-state index in [9.17, 15) is 8.42 Å². The van der Waals surface area contributed by atoms with Crippen LogP contribution in [0.4, 0.5) is 0 Å². The fraction of sp³-hybridized carbons (Fsp3) is 0.429. The van der Waals surface area contributed by atoms with Crippen molar-refractivity contribution in [1.29, 1.82) is 0 Å². The normalized spacial score (nSPS) is 13.1. The maximum absolute atomic E-state index is 11.2. The molecule has 2 rings (SSSR count). The molecule has 2 aromatic rings. The zero-order chi connectivity index (χ0) is 14.3. The number of H-pyrrole nitrogens is 1. The molecule has 0 aliphatic rings. The first-order valence-corrected chi connectivity index (χ1v) is 8.12. The fourth-order valence-corrected chi connectivity index (χ4v) is 2.40. The molecule has 4 nitrogen and oxygen atoms in total. The Labute approximate surface area is 114 Å². The van der Waals surface area contributed by atoms with Gasteiger partial charge in [0.05, 0.1) is 11.8 Å². The molecule has 0 amide bonds. The average molecular weight is 280 g/mol. The van der Waals surface area contributed by atoms with Gasteiger partial charge in [0.15, 0.2) is 0 Å². The molecule has 0 atom stereocenters. The van der Waals surface area contributed by atoms with Crippen LogP contribution in [-0.2, 0) is 22.0 Å². The van der Waals surface area contributed by atoms with Crippen molar-refractivity contribution in [3.8, 4) is 0 Å². The number of aromatic nitrogens is 1. The molecule has 19 heavy (non-hydrogen) atoms. The van der Waals surface area contributed by atoms with Gasteiger partial charge in [0.1, 0.15) is 0 Å². The molecule has 104 valence electrons. The van der Waals surface area contributed by atoms with Gasteiger partial charge in [-0.2, -0.15) is 0 Å². The zero-order valence-electron chi connectivity index (χ0n) is 11.7. The lowest BCUT2D eigenvalue weighted by molar-refractivity contribution is 0.574. The summed E-state index contributed by atoms with van der Waals surface area (Å²) in [4.78, 5) is 3.41. The van der Waals surface area contributed by atoms with E-state index >= 15 is 0 Å². The molecule has 5 heteroatoms. The SMILES string of the molecule is CC(C)(C)c1cc2cccc(CNS(C)(=O)=O)c2[nH]1. The number of sulfonamides is 1. The third-order valence-electron chi connectivity index (χ3n) is 3.08. The maximum atomic E-state index is 11.2. The molecule has 0 radical (unpaired) electrons. The largest absolute Gasteiger partial charge is 0.358 e. The van der Waals surface area contributed by atoms with Gasteiger partial charge in [0, 0.05) is 17.7 Å². The Balaban J connectivity index is 2.43. The summed E-state index contributed by atoms with van der Waals surface area (Å²) in [5.74, 6) is 0. The second kappa shape index (κ2) is 4.65. The minimum absolute atomic E-state index is 0.0422. The van der Waals surface area contributed by atoms with Gasteiger partial charge in [-0.3, -0.25) is 0 Å². The summed E-state index contributed by atoms with van der Waals surface area (Å²) in [6.07, 6.45) is 1.17. The maximum Gasteiger partial charge on any atom is 0.209 e. The molecular weight excluding hydrogens is 260 g/mol. The van der Waals surface area contributed by atoms with Crippen LogP contribution < -0.4 is 4.72 Å². The van der Waals surface area contributed by atoms with E-state index in [4.69, 9.17) is 0 Å². The number of hydrogen-bond acceptors (Lipinski definition) is 2. The second-order valence-electron chi connectivity index (χ2n) is 5.91. The van der Waals surface area contributed by atoms with Crippen molar-refractivity contribution in [2.75, 3.05) is 6.26 Å². The van der Waals surface area contributed by atoms with E-state index < -0.39 is 10.0 Å². The third kappa shape index (κ3) is 3.36. The number of aromatic amines is 1. The highest BCUT2D eigenvalue weighted by Gasteiger charge is 2.17. The number of fused-ring (bicyclic) bond motifs is 1. The van der Waals surface area contributed by atoms with E-state index in [0.29, 0.717) is 6.54 Å². The Morgan fingerprint density at radius 1 is 1.26 bits per heavy atom. The van der Waals surface area contributed by atoms with Gasteiger partial charge < -0.3 is 4.98 Å². The highest BCUT2D eigenvalue weighted by molar-refractivity contribution is 7.88. The topological polar surface area (TPSA) is 62.0 Å². The second-order valence-corrected chi connectivity index (χ2v) is 7.74. The summed E-state index contributed by atoms with van der Waals surface area (Å²) < 4.78 is 24.9. The van der Waals surface area contributed by atoms with Gasteiger partial charge in [-0.05, 0) is 17.0 Å². The van der Waals surface area contributed by atoms with Crippen molar-refractivity contribution in [2.24, 2.45) is 0 Å². The Morgan fingerprint density at radius 2 is 1.95 bits per heavy atom. The lowest BCUT2D eigenvalue weighted by Gasteiger charge is -2.15. The van der Waals surface area contributed by atoms with Crippen molar-refractivity contribution >= 4 is 20.9 Å². The molecule has 2 N–H and O–H groups in total. The van der Waals surface area contributed by atoms with Gasteiger partial charge in [0.2, 0.25) is 10.0 Å². The van der Waals surface area contributed by atoms with Crippen LogP contribution in [0.5, 0.6) is 0 Å². The van der Waals surface area contributed by atoms with Gasteiger partial charge in [-0.15, -0.1) is 0 Å². The smallest absolute Gasteiger partial charge is 0.209 e. The van der Waals surface area contributed by atoms with Crippen molar-refractivity contribution in [3.05, 3.63) is 35.5 Å². The monoisotopic (exact) mass is 280 g/mol. The summed E-state index contributed by atoms with van der Waals surface area (Å²) in [7, 11) is -3.18. The van der Waals surface area contributed by atoms with Crippen LogP contribution in [0.3, 0.4) is 0 Å².